The Hall–Kier alpha value is -2.83. The minimum absolute atomic E-state index is 0.0920. The van der Waals surface area contributed by atoms with Crippen molar-refractivity contribution >= 4 is 29.3 Å². The lowest BCUT2D eigenvalue weighted by molar-refractivity contribution is -0.152. The Morgan fingerprint density at radius 3 is 2.25 bits per heavy atom. The van der Waals surface area contributed by atoms with Crippen molar-refractivity contribution < 1.29 is 28.5 Å². The highest BCUT2D eigenvalue weighted by molar-refractivity contribution is 6.30. The summed E-state index contributed by atoms with van der Waals surface area (Å²) in [5, 5.41) is 0.669. The molecule has 0 unspecified atom stereocenters. The standard InChI is InChI=1S/C29H33ClO6/c1-6-33-23-11-13-29(14-12-23)26(35-28(32)34-17(2)3)25(27(31)36-29)24-18(4)15-21(16-19(24)5)20-7-9-22(30)10-8-20/h7-10,15-17,23H,6,11-14H2,1-5H3. The first-order valence-corrected chi connectivity index (χ1v) is 12.9. The average molecular weight is 513 g/mol. The summed E-state index contributed by atoms with van der Waals surface area (Å²) in [4.78, 5) is 26.0. The Balaban J connectivity index is 1.79. The minimum atomic E-state index is -1.01. The van der Waals surface area contributed by atoms with E-state index in [4.69, 9.17) is 30.5 Å². The van der Waals surface area contributed by atoms with Gasteiger partial charge in [-0.25, -0.2) is 9.59 Å². The van der Waals surface area contributed by atoms with Crippen LogP contribution in [0.1, 0.15) is 63.1 Å². The minimum Gasteiger partial charge on any atom is -0.447 e. The summed E-state index contributed by atoms with van der Waals surface area (Å²) in [7, 11) is 0. The van der Waals surface area contributed by atoms with Gasteiger partial charge in [-0.05, 0) is 100 Å². The fourth-order valence-corrected chi connectivity index (χ4v) is 5.34. The second-order valence-electron chi connectivity index (χ2n) is 9.75. The fraction of sp³-hybridized carbons (Fsp3) is 0.448. The van der Waals surface area contributed by atoms with Gasteiger partial charge in [0.15, 0.2) is 11.4 Å². The Morgan fingerprint density at radius 2 is 1.69 bits per heavy atom. The van der Waals surface area contributed by atoms with E-state index in [1.165, 1.54) is 0 Å². The SMILES string of the molecule is CCOC1CCC2(CC1)OC(=O)C(c1c(C)cc(-c3ccc(Cl)cc3)cc1C)=C2OC(=O)OC(C)C. The molecule has 192 valence electrons. The number of ether oxygens (including phenoxy) is 4. The van der Waals surface area contributed by atoms with Crippen molar-refractivity contribution in [3.63, 3.8) is 0 Å². The summed E-state index contributed by atoms with van der Waals surface area (Å²) in [6, 6.07) is 11.7. The molecule has 1 aliphatic heterocycles. The van der Waals surface area contributed by atoms with Gasteiger partial charge in [0.2, 0.25) is 0 Å². The molecule has 1 spiro atoms. The maximum Gasteiger partial charge on any atom is 0.513 e. The molecule has 0 saturated heterocycles. The number of halogens is 1. The van der Waals surface area contributed by atoms with E-state index in [0.717, 1.165) is 22.3 Å². The molecule has 1 saturated carbocycles. The van der Waals surface area contributed by atoms with Gasteiger partial charge < -0.3 is 18.9 Å². The van der Waals surface area contributed by atoms with Crippen LogP contribution in [-0.2, 0) is 23.7 Å². The van der Waals surface area contributed by atoms with Crippen LogP contribution in [0.5, 0.6) is 0 Å². The molecule has 4 rings (SSSR count). The van der Waals surface area contributed by atoms with Gasteiger partial charge >= 0.3 is 12.1 Å². The molecule has 0 bridgehead atoms. The summed E-state index contributed by atoms with van der Waals surface area (Å²) < 4.78 is 22.9. The molecule has 0 amide bonds. The number of rotatable bonds is 6. The lowest BCUT2D eigenvalue weighted by Gasteiger charge is -2.36. The molecule has 2 aromatic rings. The molecule has 0 atom stereocenters. The van der Waals surface area contributed by atoms with Crippen LogP contribution in [0.15, 0.2) is 42.2 Å². The molecule has 0 aromatic heterocycles. The highest BCUT2D eigenvalue weighted by atomic mass is 35.5. The van der Waals surface area contributed by atoms with E-state index in [0.29, 0.717) is 48.4 Å². The number of hydrogen-bond donors (Lipinski definition) is 0. The lowest BCUT2D eigenvalue weighted by Crippen LogP contribution is -2.40. The first kappa shape index (κ1) is 26.2. The molecule has 1 aliphatic carbocycles. The number of carbonyl (C=O) groups is 2. The van der Waals surface area contributed by atoms with Crippen LogP contribution in [-0.4, -0.2) is 36.5 Å². The summed E-state index contributed by atoms with van der Waals surface area (Å²) in [6.45, 7) is 9.99. The summed E-state index contributed by atoms with van der Waals surface area (Å²) >= 11 is 6.06. The second-order valence-corrected chi connectivity index (χ2v) is 10.2. The molecule has 2 aliphatic rings. The first-order chi connectivity index (χ1) is 17.1. The van der Waals surface area contributed by atoms with Crippen LogP contribution in [0, 0.1) is 13.8 Å². The van der Waals surface area contributed by atoms with Gasteiger partial charge in [-0.15, -0.1) is 0 Å². The van der Waals surface area contributed by atoms with Gasteiger partial charge in [-0.3, -0.25) is 0 Å². The van der Waals surface area contributed by atoms with Crippen molar-refractivity contribution in [1.29, 1.82) is 0 Å². The Morgan fingerprint density at radius 1 is 1.08 bits per heavy atom. The summed E-state index contributed by atoms with van der Waals surface area (Å²) in [5.74, 6) is -0.235. The molecule has 6 nitrogen and oxygen atoms in total. The van der Waals surface area contributed by atoms with Gasteiger partial charge in [-0.1, -0.05) is 35.9 Å². The van der Waals surface area contributed by atoms with Crippen LogP contribution in [0.25, 0.3) is 16.7 Å². The topological polar surface area (TPSA) is 71.1 Å². The quantitative estimate of drug-likeness (QED) is 0.382. The number of aryl methyl sites for hydroxylation is 2. The van der Waals surface area contributed by atoms with Crippen molar-refractivity contribution in [1.82, 2.24) is 0 Å². The second kappa shape index (κ2) is 10.7. The summed E-state index contributed by atoms with van der Waals surface area (Å²) in [6.07, 6.45) is 1.33. The molecule has 1 heterocycles. The van der Waals surface area contributed by atoms with Crippen molar-refractivity contribution in [2.75, 3.05) is 6.61 Å². The average Bonchev–Trinajstić information content (AvgIpc) is 3.05. The Kier molecular flexibility index (Phi) is 7.76. The third-order valence-corrected chi connectivity index (χ3v) is 7.01. The zero-order valence-corrected chi connectivity index (χ0v) is 22.2. The van der Waals surface area contributed by atoms with Crippen LogP contribution in [0.2, 0.25) is 5.02 Å². The number of hydrogen-bond acceptors (Lipinski definition) is 6. The number of carbonyl (C=O) groups excluding carboxylic acids is 2. The van der Waals surface area contributed by atoms with Gasteiger partial charge in [0.1, 0.15) is 5.57 Å². The van der Waals surface area contributed by atoms with Crippen LogP contribution >= 0.6 is 11.6 Å². The maximum atomic E-state index is 13.4. The van der Waals surface area contributed by atoms with Gasteiger partial charge in [-0.2, -0.15) is 0 Å². The lowest BCUT2D eigenvalue weighted by atomic mass is 9.80. The molecule has 0 radical (unpaired) electrons. The number of esters is 1. The number of benzene rings is 2. The molecule has 0 N–H and O–H groups in total. The highest BCUT2D eigenvalue weighted by Gasteiger charge is 2.53. The highest BCUT2D eigenvalue weighted by Crippen LogP contribution is 2.49. The van der Waals surface area contributed by atoms with Crippen molar-refractivity contribution in [2.45, 2.75) is 78.1 Å². The fourth-order valence-electron chi connectivity index (χ4n) is 5.21. The normalized spacial score (nSPS) is 21.8. The maximum absolute atomic E-state index is 13.4. The molecule has 7 heteroatoms. The van der Waals surface area contributed by atoms with E-state index in [-0.39, 0.29) is 18.0 Å². The first-order valence-electron chi connectivity index (χ1n) is 12.5. The van der Waals surface area contributed by atoms with Crippen LogP contribution in [0.4, 0.5) is 4.79 Å². The largest absolute Gasteiger partial charge is 0.513 e. The van der Waals surface area contributed by atoms with E-state index in [9.17, 15) is 9.59 Å². The van der Waals surface area contributed by atoms with Gasteiger partial charge in [0, 0.05) is 11.6 Å². The molecular weight excluding hydrogens is 480 g/mol. The zero-order chi connectivity index (χ0) is 26.0. The van der Waals surface area contributed by atoms with Crippen LogP contribution in [0.3, 0.4) is 0 Å². The van der Waals surface area contributed by atoms with E-state index >= 15 is 0 Å². The smallest absolute Gasteiger partial charge is 0.447 e. The van der Waals surface area contributed by atoms with Gasteiger partial charge in [0.25, 0.3) is 0 Å². The third-order valence-electron chi connectivity index (χ3n) is 6.75. The van der Waals surface area contributed by atoms with E-state index in [1.54, 1.807) is 13.8 Å². The van der Waals surface area contributed by atoms with Gasteiger partial charge in [0.05, 0.1) is 12.2 Å². The van der Waals surface area contributed by atoms with E-state index < -0.39 is 17.7 Å². The Labute approximate surface area is 217 Å². The van der Waals surface area contributed by atoms with Crippen molar-refractivity contribution in [2.24, 2.45) is 0 Å². The Bertz CT molecular complexity index is 1150. The predicted molar refractivity (Wildman–Crippen MR) is 139 cm³/mol. The molecule has 36 heavy (non-hydrogen) atoms. The van der Waals surface area contributed by atoms with Crippen LogP contribution < -0.4 is 0 Å². The summed E-state index contributed by atoms with van der Waals surface area (Å²) in [5.41, 5.74) is 3.78. The molecule has 2 aromatic carbocycles. The monoisotopic (exact) mass is 512 g/mol. The van der Waals surface area contributed by atoms with E-state index in [2.05, 4.69) is 0 Å². The van der Waals surface area contributed by atoms with E-state index in [1.807, 2.05) is 57.2 Å². The van der Waals surface area contributed by atoms with Crippen molar-refractivity contribution in [3.8, 4) is 11.1 Å². The molecular formula is C29H33ClO6. The third kappa shape index (κ3) is 5.30. The predicted octanol–water partition coefficient (Wildman–Crippen LogP) is 7.17. The zero-order valence-electron chi connectivity index (χ0n) is 21.5. The molecule has 1 fully saturated rings. The van der Waals surface area contributed by atoms with Crippen molar-refractivity contribution in [3.05, 3.63) is 63.9 Å².